The molecule has 0 spiro atoms. The van der Waals surface area contributed by atoms with Crippen LogP contribution in [-0.4, -0.2) is 56.1 Å². The van der Waals surface area contributed by atoms with Crippen LogP contribution in [0.3, 0.4) is 0 Å². The third-order valence-corrected chi connectivity index (χ3v) is 2.68. The molecule has 0 radical (unpaired) electrons. The number of carbonyl (C=O) groups excluding carboxylic acids is 2. The first kappa shape index (κ1) is 15.0. The SMILES string of the molecule is COC(=O)/N=C(/N(C)C)N(C)C(=O)NC1=CCCC1. The molecule has 0 atom stereocenters. The second-order valence-corrected chi connectivity index (χ2v) is 4.39. The lowest BCUT2D eigenvalue weighted by molar-refractivity contribution is 0.181. The number of hydrogen-bond acceptors (Lipinski definition) is 3. The van der Waals surface area contributed by atoms with E-state index >= 15 is 0 Å². The maximum atomic E-state index is 12.0. The van der Waals surface area contributed by atoms with Crippen LogP contribution in [0, 0.1) is 0 Å². The first-order chi connectivity index (χ1) is 8.95. The van der Waals surface area contributed by atoms with Crippen molar-refractivity contribution in [3.8, 4) is 0 Å². The third kappa shape index (κ3) is 4.27. The molecule has 106 valence electrons. The molecule has 1 N–H and O–H groups in total. The topological polar surface area (TPSA) is 74.2 Å². The van der Waals surface area contributed by atoms with Gasteiger partial charge in [-0.2, -0.15) is 0 Å². The summed E-state index contributed by atoms with van der Waals surface area (Å²) in [4.78, 5) is 29.8. The average molecular weight is 268 g/mol. The van der Waals surface area contributed by atoms with E-state index in [0.29, 0.717) is 0 Å². The van der Waals surface area contributed by atoms with Crippen molar-refractivity contribution in [2.75, 3.05) is 28.3 Å². The number of hydrogen-bond donors (Lipinski definition) is 1. The molecule has 0 unspecified atom stereocenters. The molecular formula is C12H20N4O3. The van der Waals surface area contributed by atoms with Crippen LogP contribution < -0.4 is 5.32 Å². The van der Waals surface area contributed by atoms with Crippen molar-refractivity contribution in [3.05, 3.63) is 11.8 Å². The zero-order chi connectivity index (χ0) is 14.4. The Morgan fingerprint density at radius 1 is 1.37 bits per heavy atom. The molecule has 3 amide bonds. The summed E-state index contributed by atoms with van der Waals surface area (Å²) < 4.78 is 4.47. The molecular weight excluding hydrogens is 248 g/mol. The van der Waals surface area contributed by atoms with Crippen molar-refractivity contribution in [1.82, 2.24) is 15.1 Å². The minimum Gasteiger partial charge on any atom is -0.451 e. The zero-order valence-corrected chi connectivity index (χ0v) is 11.8. The molecule has 0 saturated heterocycles. The Balaban J connectivity index is 2.75. The summed E-state index contributed by atoms with van der Waals surface area (Å²) in [7, 11) is 6.18. The predicted octanol–water partition coefficient (Wildman–Crippen LogP) is 1.38. The van der Waals surface area contributed by atoms with Crippen LogP contribution >= 0.6 is 0 Å². The third-order valence-electron chi connectivity index (χ3n) is 2.68. The summed E-state index contributed by atoms with van der Waals surface area (Å²) in [5.74, 6) is 0.211. The van der Waals surface area contributed by atoms with E-state index in [0.717, 1.165) is 25.0 Å². The molecule has 0 aromatic heterocycles. The minimum absolute atomic E-state index is 0.211. The number of amides is 3. The van der Waals surface area contributed by atoms with Crippen molar-refractivity contribution in [3.63, 3.8) is 0 Å². The highest BCUT2D eigenvalue weighted by molar-refractivity contribution is 6.00. The Bertz CT molecular complexity index is 415. The van der Waals surface area contributed by atoms with Gasteiger partial charge in [0, 0.05) is 26.8 Å². The lowest BCUT2D eigenvalue weighted by Crippen LogP contribution is -2.46. The van der Waals surface area contributed by atoms with Gasteiger partial charge in [-0.3, -0.25) is 4.90 Å². The molecule has 0 saturated carbocycles. The van der Waals surface area contributed by atoms with E-state index in [4.69, 9.17) is 0 Å². The smallest absolute Gasteiger partial charge is 0.436 e. The van der Waals surface area contributed by atoms with Gasteiger partial charge in [0.2, 0.25) is 5.96 Å². The van der Waals surface area contributed by atoms with E-state index in [-0.39, 0.29) is 12.0 Å². The Morgan fingerprint density at radius 3 is 2.53 bits per heavy atom. The van der Waals surface area contributed by atoms with E-state index in [1.807, 2.05) is 6.08 Å². The molecule has 1 aliphatic carbocycles. The number of rotatable bonds is 1. The number of nitrogens with one attached hydrogen (secondary N) is 1. The summed E-state index contributed by atoms with van der Waals surface area (Å²) in [6, 6.07) is -0.329. The van der Waals surface area contributed by atoms with Crippen molar-refractivity contribution in [1.29, 1.82) is 0 Å². The highest BCUT2D eigenvalue weighted by Crippen LogP contribution is 2.14. The van der Waals surface area contributed by atoms with Gasteiger partial charge in [-0.1, -0.05) is 6.08 Å². The number of allylic oxidation sites excluding steroid dienone is 2. The average Bonchev–Trinajstić information content (AvgIpc) is 2.87. The maximum Gasteiger partial charge on any atom is 0.436 e. The number of carbonyl (C=O) groups is 2. The molecule has 7 nitrogen and oxygen atoms in total. The number of aliphatic imine (C=N–C) groups is 1. The summed E-state index contributed by atoms with van der Waals surface area (Å²) in [5.41, 5.74) is 0.910. The number of urea groups is 1. The molecule has 0 aromatic carbocycles. The summed E-state index contributed by atoms with van der Waals surface area (Å²) in [5, 5.41) is 2.79. The van der Waals surface area contributed by atoms with Crippen LogP contribution in [0.25, 0.3) is 0 Å². The molecule has 0 fully saturated rings. The number of guanidine groups is 1. The number of ether oxygens (including phenoxy) is 1. The van der Waals surface area contributed by atoms with E-state index in [2.05, 4.69) is 15.0 Å². The van der Waals surface area contributed by atoms with Crippen LogP contribution in [0.5, 0.6) is 0 Å². The van der Waals surface area contributed by atoms with Crippen LogP contribution in [0.15, 0.2) is 16.8 Å². The van der Waals surface area contributed by atoms with Gasteiger partial charge in [-0.15, -0.1) is 4.99 Å². The molecule has 1 aliphatic rings. The van der Waals surface area contributed by atoms with E-state index in [9.17, 15) is 9.59 Å². The normalized spacial score (nSPS) is 14.7. The Morgan fingerprint density at radius 2 is 2.05 bits per heavy atom. The second-order valence-electron chi connectivity index (χ2n) is 4.39. The van der Waals surface area contributed by atoms with E-state index < -0.39 is 6.09 Å². The van der Waals surface area contributed by atoms with Crippen molar-refractivity contribution >= 4 is 18.1 Å². The number of methoxy groups -OCH3 is 1. The van der Waals surface area contributed by atoms with Crippen molar-refractivity contribution < 1.29 is 14.3 Å². The first-order valence-corrected chi connectivity index (χ1v) is 6.03. The Kier molecular flexibility index (Phi) is 5.35. The zero-order valence-electron chi connectivity index (χ0n) is 11.8. The number of nitrogens with zero attached hydrogens (tertiary/aromatic N) is 3. The van der Waals surface area contributed by atoms with Gasteiger partial charge in [0.25, 0.3) is 0 Å². The van der Waals surface area contributed by atoms with Crippen LogP contribution in [0.2, 0.25) is 0 Å². The van der Waals surface area contributed by atoms with Gasteiger partial charge >= 0.3 is 12.1 Å². The largest absolute Gasteiger partial charge is 0.451 e. The highest BCUT2D eigenvalue weighted by atomic mass is 16.5. The molecule has 0 heterocycles. The Hall–Kier alpha value is -2.05. The predicted molar refractivity (Wildman–Crippen MR) is 71.8 cm³/mol. The van der Waals surface area contributed by atoms with Crippen molar-refractivity contribution in [2.45, 2.75) is 19.3 Å². The van der Waals surface area contributed by atoms with Crippen LogP contribution in [0.1, 0.15) is 19.3 Å². The van der Waals surface area contributed by atoms with Gasteiger partial charge in [-0.05, 0) is 19.3 Å². The fraction of sp³-hybridized carbons (Fsp3) is 0.583. The minimum atomic E-state index is -0.747. The fourth-order valence-corrected chi connectivity index (χ4v) is 1.70. The second kappa shape index (κ2) is 6.77. The van der Waals surface area contributed by atoms with Gasteiger partial charge in [0.15, 0.2) is 0 Å². The van der Waals surface area contributed by atoms with Crippen LogP contribution in [0.4, 0.5) is 9.59 Å². The van der Waals surface area contributed by atoms with Crippen molar-refractivity contribution in [2.24, 2.45) is 4.99 Å². The quantitative estimate of drug-likeness (QED) is 0.576. The molecule has 0 aliphatic heterocycles. The first-order valence-electron chi connectivity index (χ1n) is 6.03. The van der Waals surface area contributed by atoms with Gasteiger partial charge in [0.05, 0.1) is 7.11 Å². The van der Waals surface area contributed by atoms with Gasteiger partial charge in [0.1, 0.15) is 0 Å². The highest BCUT2D eigenvalue weighted by Gasteiger charge is 2.19. The monoisotopic (exact) mass is 268 g/mol. The molecule has 1 rings (SSSR count). The molecule has 0 aromatic rings. The maximum absolute atomic E-state index is 12.0. The molecule has 19 heavy (non-hydrogen) atoms. The summed E-state index contributed by atoms with van der Waals surface area (Å²) >= 11 is 0. The van der Waals surface area contributed by atoms with E-state index in [1.54, 1.807) is 26.0 Å². The standard InChI is InChI=1S/C12H20N4O3/c1-15(2)10(14-12(18)19-4)16(3)11(17)13-9-7-5-6-8-9/h7H,5-6,8H2,1-4H3,(H,13,17)/b14-10-. The molecule has 0 bridgehead atoms. The fourth-order valence-electron chi connectivity index (χ4n) is 1.70. The lowest BCUT2D eigenvalue weighted by Gasteiger charge is -2.24. The Labute approximate surface area is 112 Å². The van der Waals surface area contributed by atoms with Gasteiger partial charge < -0.3 is 15.0 Å². The van der Waals surface area contributed by atoms with E-state index in [1.165, 1.54) is 12.0 Å². The summed E-state index contributed by atoms with van der Waals surface area (Å²) in [6.45, 7) is 0. The van der Waals surface area contributed by atoms with Crippen LogP contribution in [-0.2, 0) is 4.74 Å². The van der Waals surface area contributed by atoms with Gasteiger partial charge in [-0.25, -0.2) is 9.59 Å². The molecule has 7 heteroatoms. The summed E-state index contributed by atoms with van der Waals surface area (Å²) in [6.07, 6.45) is 4.15. The lowest BCUT2D eigenvalue weighted by atomic mass is 10.3.